The minimum absolute atomic E-state index is 0.134. The Bertz CT molecular complexity index is 3740. The van der Waals surface area contributed by atoms with Gasteiger partial charge in [-0.05, 0) is 138 Å². The zero-order valence-corrected chi connectivity index (χ0v) is 36.7. The fourth-order valence-electron chi connectivity index (χ4n) is 12.3. The Morgan fingerprint density at radius 3 is 1.48 bits per heavy atom. The lowest BCUT2D eigenvalue weighted by molar-refractivity contribution is 0.660. The summed E-state index contributed by atoms with van der Waals surface area (Å²) in [6.45, 7) is 4.71. The second-order valence-electron chi connectivity index (χ2n) is 18.7. The summed E-state index contributed by atoms with van der Waals surface area (Å²) in [6, 6.07) is 83.5. The topological polar surface area (TPSA) is 16.4 Å². The minimum Gasteiger partial charge on any atom is -0.456 e. The maximum Gasteiger partial charge on any atom is 0.135 e. The van der Waals surface area contributed by atoms with Crippen molar-refractivity contribution in [3.63, 3.8) is 0 Å². The molecule has 1 spiro atoms. The van der Waals surface area contributed by atoms with Crippen molar-refractivity contribution in [2.75, 3.05) is 4.90 Å². The Morgan fingerprint density at radius 2 is 0.788 bits per heavy atom. The summed E-state index contributed by atoms with van der Waals surface area (Å²) in [5.41, 5.74) is 25.2. The van der Waals surface area contributed by atoms with Crippen LogP contribution in [0.25, 0.3) is 77.6 Å². The van der Waals surface area contributed by atoms with Gasteiger partial charge in [0, 0.05) is 33.2 Å². The number of nitrogens with zero attached hydrogens (tertiary/aromatic N) is 1. The molecule has 3 aliphatic carbocycles. The maximum atomic E-state index is 6.33. The first-order valence-electron chi connectivity index (χ1n) is 23.1. The summed E-state index contributed by atoms with van der Waals surface area (Å²) in [6.07, 6.45) is 0. The molecule has 11 aromatic rings. The number of benzene rings is 10. The fourth-order valence-corrected chi connectivity index (χ4v) is 12.3. The van der Waals surface area contributed by atoms with E-state index >= 15 is 0 Å². The normalized spacial score (nSPS) is 14.2. The van der Waals surface area contributed by atoms with Crippen molar-refractivity contribution in [1.82, 2.24) is 0 Å². The largest absolute Gasteiger partial charge is 0.456 e. The molecule has 0 saturated carbocycles. The molecule has 0 unspecified atom stereocenters. The highest BCUT2D eigenvalue weighted by Crippen LogP contribution is 2.63. The van der Waals surface area contributed by atoms with Gasteiger partial charge in [0.2, 0.25) is 0 Å². The maximum absolute atomic E-state index is 6.33. The SMILES string of the molecule is CC1(C)c2ccccc2-c2ccc(N(c3ccc(-c4cccc5c4-c4ccccc4C54c5ccccc5-c5ccccc5-c5ccccc54)cc3)c3ccc4oc5ccccc5c4c3)cc21. The second kappa shape index (κ2) is 13.7. The molecular weight excluding hydrogens is 799 g/mol. The van der Waals surface area contributed by atoms with Crippen LogP contribution in [0, 0.1) is 0 Å². The van der Waals surface area contributed by atoms with E-state index in [4.69, 9.17) is 4.42 Å². The van der Waals surface area contributed by atoms with E-state index in [0.29, 0.717) is 0 Å². The number of rotatable bonds is 4. The van der Waals surface area contributed by atoms with Gasteiger partial charge in [0.25, 0.3) is 0 Å². The van der Waals surface area contributed by atoms with Crippen molar-refractivity contribution >= 4 is 39.0 Å². The number of hydrogen-bond donors (Lipinski definition) is 0. The lowest BCUT2D eigenvalue weighted by Gasteiger charge is -2.35. The first-order chi connectivity index (χ1) is 32.5. The third-order valence-electron chi connectivity index (χ3n) is 15.1. The number of anilines is 3. The van der Waals surface area contributed by atoms with Gasteiger partial charge in [0.1, 0.15) is 11.2 Å². The van der Waals surface area contributed by atoms with Gasteiger partial charge in [-0.15, -0.1) is 0 Å². The van der Waals surface area contributed by atoms with E-state index < -0.39 is 5.41 Å². The molecule has 3 aliphatic rings. The molecule has 0 saturated heterocycles. The van der Waals surface area contributed by atoms with Crippen LogP contribution in [0.1, 0.15) is 47.2 Å². The van der Waals surface area contributed by atoms with E-state index in [-0.39, 0.29) is 5.41 Å². The highest BCUT2D eigenvalue weighted by atomic mass is 16.3. The molecule has 2 heteroatoms. The van der Waals surface area contributed by atoms with Crippen LogP contribution in [-0.2, 0) is 10.8 Å². The number of hydrogen-bond acceptors (Lipinski definition) is 2. The highest BCUT2D eigenvalue weighted by molar-refractivity contribution is 6.07. The van der Waals surface area contributed by atoms with Crippen LogP contribution in [0.4, 0.5) is 17.1 Å². The second-order valence-corrected chi connectivity index (χ2v) is 18.7. The van der Waals surface area contributed by atoms with E-state index in [0.717, 1.165) is 39.0 Å². The quantitative estimate of drug-likeness (QED) is 0.176. The Kier molecular flexibility index (Phi) is 7.70. The fraction of sp³-hybridized carbons (Fsp3) is 0.0625. The number of para-hydroxylation sites is 1. The average Bonchev–Trinajstić information content (AvgIpc) is 3.95. The van der Waals surface area contributed by atoms with Crippen molar-refractivity contribution < 1.29 is 4.42 Å². The average molecular weight is 842 g/mol. The van der Waals surface area contributed by atoms with Crippen molar-refractivity contribution in [3.05, 3.63) is 258 Å². The third-order valence-corrected chi connectivity index (χ3v) is 15.1. The summed E-state index contributed by atoms with van der Waals surface area (Å²) in [4.78, 5) is 2.42. The molecule has 1 aromatic heterocycles. The highest BCUT2D eigenvalue weighted by Gasteiger charge is 2.50. The van der Waals surface area contributed by atoms with E-state index in [1.165, 1.54) is 89.0 Å². The van der Waals surface area contributed by atoms with Crippen molar-refractivity contribution in [2.24, 2.45) is 0 Å². The predicted octanol–water partition coefficient (Wildman–Crippen LogP) is 17.0. The molecule has 14 rings (SSSR count). The smallest absolute Gasteiger partial charge is 0.135 e. The lowest BCUT2D eigenvalue weighted by Crippen LogP contribution is -2.29. The molecule has 0 fully saturated rings. The summed E-state index contributed by atoms with van der Waals surface area (Å²) in [5.74, 6) is 0. The van der Waals surface area contributed by atoms with Crippen LogP contribution in [0.15, 0.2) is 229 Å². The van der Waals surface area contributed by atoms with Gasteiger partial charge in [-0.1, -0.05) is 190 Å². The van der Waals surface area contributed by atoms with Crippen molar-refractivity contribution in [1.29, 1.82) is 0 Å². The molecule has 310 valence electrons. The first-order valence-corrected chi connectivity index (χ1v) is 23.1. The van der Waals surface area contributed by atoms with Crippen LogP contribution in [0.5, 0.6) is 0 Å². The summed E-state index contributed by atoms with van der Waals surface area (Å²) in [5, 5.41) is 2.23. The molecule has 0 N–H and O–H groups in total. The molecule has 10 aromatic carbocycles. The van der Waals surface area contributed by atoms with Crippen LogP contribution in [-0.4, -0.2) is 0 Å². The van der Waals surface area contributed by atoms with Crippen molar-refractivity contribution in [3.8, 4) is 55.6 Å². The summed E-state index contributed by atoms with van der Waals surface area (Å²) < 4.78 is 6.33. The minimum atomic E-state index is -0.526. The Morgan fingerprint density at radius 1 is 0.318 bits per heavy atom. The van der Waals surface area contributed by atoms with E-state index in [1.54, 1.807) is 0 Å². The van der Waals surface area contributed by atoms with Crippen LogP contribution in [0.3, 0.4) is 0 Å². The standard InChI is InChI=1S/C64H43NO/c1-63(2)54-24-10-5-20-49(54)50-36-34-43(39-59(50)63)65(42-35-37-61-53(38-42)51-21-9-14-29-60(51)66-61)41-32-30-40(31-33-41)44-23-15-28-58-62(44)52-22-8-13-27-57(52)64(58)55-25-11-6-18-47(55)45-16-3-4-17-46(45)48-19-7-12-26-56(48)64/h3-39H,1-2H3. The molecule has 2 nitrogen and oxygen atoms in total. The first kappa shape index (κ1) is 37.2. The molecule has 0 atom stereocenters. The predicted molar refractivity (Wildman–Crippen MR) is 273 cm³/mol. The number of furan rings is 1. The zero-order chi connectivity index (χ0) is 43.7. The van der Waals surface area contributed by atoms with Crippen LogP contribution in [0.2, 0.25) is 0 Å². The van der Waals surface area contributed by atoms with Gasteiger partial charge in [-0.3, -0.25) is 0 Å². The van der Waals surface area contributed by atoms with Crippen LogP contribution >= 0.6 is 0 Å². The van der Waals surface area contributed by atoms with Gasteiger partial charge in [-0.2, -0.15) is 0 Å². The zero-order valence-electron chi connectivity index (χ0n) is 36.7. The monoisotopic (exact) mass is 841 g/mol. The van der Waals surface area contributed by atoms with Gasteiger partial charge >= 0.3 is 0 Å². The Balaban J connectivity index is 0.960. The lowest BCUT2D eigenvalue weighted by atomic mass is 9.66. The molecule has 0 radical (unpaired) electrons. The van der Waals surface area contributed by atoms with E-state index in [9.17, 15) is 0 Å². The van der Waals surface area contributed by atoms with Gasteiger partial charge in [0.05, 0.1) is 5.41 Å². The molecule has 0 bridgehead atoms. The molecule has 66 heavy (non-hydrogen) atoms. The molecule has 1 heterocycles. The Hall–Kier alpha value is -8.20. The number of fused-ring (bicyclic) bond motifs is 18. The van der Waals surface area contributed by atoms with E-state index in [1.807, 2.05) is 6.07 Å². The van der Waals surface area contributed by atoms with Crippen LogP contribution < -0.4 is 4.90 Å². The molecule has 0 amide bonds. The van der Waals surface area contributed by atoms with Gasteiger partial charge in [0.15, 0.2) is 0 Å². The molecular formula is C64H43NO. The molecule has 0 aliphatic heterocycles. The summed E-state index contributed by atoms with van der Waals surface area (Å²) in [7, 11) is 0. The van der Waals surface area contributed by atoms with Gasteiger partial charge in [-0.25, -0.2) is 0 Å². The summed E-state index contributed by atoms with van der Waals surface area (Å²) >= 11 is 0. The van der Waals surface area contributed by atoms with Gasteiger partial charge < -0.3 is 9.32 Å². The van der Waals surface area contributed by atoms with E-state index in [2.05, 4.69) is 237 Å². The Labute approximate surface area is 384 Å². The third kappa shape index (κ3) is 4.96. The van der Waals surface area contributed by atoms with Crippen molar-refractivity contribution in [2.45, 2.75) is 24.7 Å².